The number of carbonyl (C=O) groups is 1. The van der Waals surface area contributed by atoms with E-state index in [0.717, 1.165) is 31.2 Å². The fourth-order valence-electron chi connectivity index (χ4n) is 2.65. The molecule has 1 aliphatic heterocycles. The van der Waals surface area contributed by atoms with Crippen molar-refractivity contribution in [2.75, 3.05) is 6.79 Å². The highest BCUT2D eigenvalue weighted by molar-refractivity contribution is 6.01. The largest absolute Gasteiger partial charge is 0.454 e. The van der Waals surface area contributed by atoms with Gasteiger partial charge in [-0.05, 0) is 36.6 Å². The molecule has 0 spiro atoms. The lowest BCUT2D eigenvalue weighted by Crippen LogP contribution is -2.33. The first-order chi connectivity index (χ1) is 10.3. The van der Waals surface area contributed by atoms with Crippen molar-refractivity contribution >= 4 is 12.0 Å². The summed E-state index contributed by atoms with van der Waals surface area (Å²) >= 11 is 0. The number of amides is 1. The first-order valence-electron chi connectivity index (χ1n) is 7.08. The van der Waals surface area contributed by atoms with Crippen LogP contribution in [0.2, 0.25) is 0 Å². The third kappa shape index (κ3) is 3.00. The average Bonchev–Trinajstić information content (AvgIpc) is 3.14. The van der Waals surface area contributed by atoms with Gasteiger partial charge in [0.05, 0.1) is 0 Å². The number of hydrogen-bond donors (Lipinski definition) is 1. The molecule has 0 unspecified atom stereocenters. The van der Waals surface area contributed by atoms with E-state index in [4.69, 9.17) is 9.47 Å². The number of rotatable bonds is 3. The Hall–Kier alpha value is -2.48. The number of benzene rings is 1. The first-order valence-corrected chi connectivity index (χ1v) is 7.08. The van der Waals surface area contributed by atoms with Crippen LogP contribution < -0.4 is 14.8 Å². The topological polar surface area (TPSA) is 71.3 Å². The lowest BCUT2D eigenvalue weighted by Gasteiger charge is -2.10. The molecule has 0 bridgehead atoms. The molecule has 108 valence electrons. The van der Waals surface area contributed by atoms with E-state index < -0.39 is 0 Å². The Bertz CT molecular complexity index is 625. The molecule has 1 amide bonds. The van der Waals surface area contributed by atoms with Crippen LogP contribution in [0.25, 0.3) is 6.08 Å². The Labute approximate surface area is 123 Å². The third-order valence-corrected chi connectivity index (χ3v) is 3.76. The zero-order valence-electron chi connectivity index (χ0n) is 11.6. The van der Waals surface area contributed by atoms with Crippen LogP contribution in [-0.2, 0) is 4.79 Å². The molecule has 1 aromatic carbocycles. The van der Waals surface area contributed by atoms with Gasteiger partial charge < -0.3 is 14.8 Å². The lowest BCUT2D eigenvalue weighted by molar-refractivity contribution is -0.117. The van der Waals surface area contributed by atoms with Gasteiger partial charge in [0.1, 0.15) is 11.6 Å². The smallest absolute Gasteiger partial charge is 0.262 e. The van der Waals surface area contributed by atoms with Crippen molar-refractivity contribution < 1.29 is 14.3 Å². The Morgan fingerprint density at radius 2 is 2.05 bits per heavy atom. The predicted molar refractivity (Wildman–Crippen MR) is 76.6 cm³/mol. The minimum Gasteiger partial charge on any atom is -0.454 e. The van der Waals surface area contributed by atoms with Gasteiger partial charge in [0.2, 0.25) is 6.79 Å². The minimum atomic E-state index is -0.304. The highest BCUT2D eigenvalue weighted by atomic mass is 16.7. The van der Waals surface area contributed by atoms with E-state index in [-0.39, 0.29) is 24.3 Å². The summed E-state index contributed by atoms with van der Waals surface area (Å²) in [7, 11) is 0. The second-order valence-electron chi connectivity index (χ2n) is 5.24. The molecule has 21 heavy (non-hydrogen) atoms. The predicted octanol–water partition coefficient (Wildman–Crippen LogP) is 2.38. The van der Waals surface area contributed by atoms with Gasteiger partial charge in [-0.1, -0.05) is 18.9 Å². The van der Waals surface area contributed by atoms with Crippen LogP contribution in [0, 0.1) is 11.3 Å². The summed E-state index contributed by atoms with van der Waals surface area (Å²) in [6, 6.07) is 7.51. The van der Waals surface area contributed by atoms with Crippen molar-refractivity contribution in [3.05, 3.63) is 29.3 Å². The molecule has 0 aromatic heterocycles. The second-order valence-corrected chi connectivity index (χ2v) is 5.24. The molecule has 2 aliphatic rings. The summed E-state index contributed by atoms with van der Waals surface area (Å²) in [6.45, 7) is 0.204. The van der Waals surface area contributed by atoms with E-state index in [2.05, 4.69) is 5.32 Å². The van der Waals surface area contributed by atoms with Crippen molar-refractivity contribution in [3.8, 4) is 17.6 Å². The van der Waals surface area contributed by atoms with Crippen LogP contribution >= 0.6 is 0 Å². The number of nitriles is 1. The van der Waals surface area contributed by atoms with Gasteiger partial charge in [-0.2, -0.15) is 5.26 Å². The molecule has 1 heterocycles. The summed E-state index contributed by atoms with van der Waals surface area (Å²) < 4.78 is 10.5. The van der Waals surface area contributed by atoms with Crippen molar-refractivity contribution in [1.82, 2.24) is 5.32 Å². The summed E-state index contributed by atoms with van der Waals surface area (Å²) in [5, 5.41) is 12.1. The van der Waals surface area contributed by atoms with E-state index in [1.54, 1.807) is 24.3 Å². The molecule has 0 saturated heterocycles. The number of fused-ring (bicyclic) bond motifs is 1. The maximum absolute atomic E-state index is 12.1. The summed E-state index contributed by atoms with van der Waals surface area (Å²) in [5.74, 6) is 1.01. The van der Waals surface area contributed by atoms with Crippen molar-refractivity contribution in [3.63, 3.8) is 0 Å². The molecule has 0 atom stereocenters. The van der Waals surface area contributed by atoms with Gasteiger partial charge in [-0.3, -0.25) is 4.79 Å². The van der Waals surface area contributed by atoms with Crippen molar-refractivity contribution in [2.24, 2.45) is 0 Å². The number of carbonyl (C=O) groups excluding carboxylic acids is 1. The van der Waals surface area contributed by atoms with Crippen LogP contribution in [0.1, 0.15) is 31.2 Å². The molecule has 1 saturated carbocycles. The third-order valence-electron chi connectivity index (χ3n) is 3.76. The van der Waals surface area contributed by atoms with Gasteiger partial charge >= 0.3 is 0 Å². The molecule has 0 radical (unpaired) electrons. The lowest BCUT2D eigenvalue weighted by atomic mass is 10.1. The minimum absolute atomic E-state index is 0.112. The highest BCUT2D eigenvalue weighted by Gasteiger charge is 2.19. The molecule has 1 aliphatic carbocycles. The average molecular weight is 284 g/mol. The normalized spacial score (nSPS) is 17.6. The van der Waals surface area contributed by atoms with Gasteiger partial charge in [-0.25, -0.2) is 0 Å². The zero-order valence-corrected chi connectivity index (χ0v) is 11.6. The Balaban J connectivity index is 1.75. The SMILES string of the molecule is N#CC(=Cc1ccc2c(c1)OCO2)C(=O)NC1CCCC1. The van der Waals surface area contributed by atoms with Crippen LogP contribution in [0.15, 0.2) is 23.8 Å². The molecular weight excluding hydrogens is 268 g/mol. The van der Waals surface area contributed by atoms with Crippen LogP contribution in [0.5, 0.6) is 11.5 Å². The van der Waals surface area contributed by atoms with Crippen molar-refractivity contribution in [2.45, 2.75) is 31.7 Å². The van der Waals surface area contributed by atoms with Gasteiger partial charge in [-0.15, -0.1) is 0 Å². The van der Waals surface area contributed by atoms with E-state index >= 15 is 0 Å². The monoisotopic (exact) mass is 284 g/mol. The molecular formula is C16H16N2O3. The number of ether oxygens (including phenoxy) is 2. The number of hydrogen-bond acceptors (Lipinski definition) is 4. The van der Waals surface area contributed by atoms with E-state index in [1.165, 1.54) is 0 Å². The maximum Gasteiger partial charge on any atom is 0.262 e. The van der Waals surface area contributed by atoms with Gasteiger partial charge in [0, 0.05) is 6.04 Å². The number of nitrogens with one attached hydrogen (secondary N) is 1. The van der Waals surface area contributed by atoms with Crippen molar-refractivity contribution in [1.29, 1.82) is 5.26 Å². The highest BCUT2D eigenvalue weighted by Crippen LogP contribution is 2.33. The molecule has 5 nitrogen and oxygen atoms in total. The van der Waals surface area contributed by atoms with Crippen LogP contribution in [0.4, 0.5) is 0 Å². The fraction of sp³-hybridized carbons (Fsp3) is 0.375. The second kappa shape index (κ2) is 5.88. The van der Waals surface area contributed by atoms with E-state index in [1.807, 2.05) is 6.07 Å². The van der Waals surface area contributed by atoms with Crippen LogP contribution in [0.3, 0.4) is 0 Å². The molecule has 1 fully saturated rings. The molecule has 5 heteroatoms. The summed E-state index contributed by atoms with van der Waals surface area (Å²) in [6.07, 6.45) is 5.84. The Kier molecular flexibility index (Phi) is 3.78. The Morgan fingerprint density at radius 1 is 1.29 bits per heavy atom. The summed E-state index contributed by atoms with van der Waals surface area (Å²) in [5.41, 5.74) is 0.859. The fourth-order valence-corrected chi connectivity index (χ4v) is 2.65. The maximum atomic E-state index is 12.1. The quantitative estimate of drug-likeness (QED) is 0.683. The standard InChI is InChI=1S/C16H16N2O3/c17-9-12(16(19)18-13-3-1-2-4-13)7-11-5-6-14-15(8-11)21-10-20-14/h5-8,13H,1-4,10H2,(H,18,19). The van der Waals surface area contributed by atoms with E-state index in [9.17, 15) is 10.1 Å². The van der Waals surface area contributed by atoms with Gasteiger partial charge in [0.25, 0.3) is 5.91 Å². The van der Waals surface area contributed by atoms with E-state index in [0.29, 0.717) is 11.5 Å². The Morgan fingerprint density at radius 3 is 2.81 bits per heavy atom. The molecule has 1 N–H and O–H groups in total. The number of nitrogens with zero attached hydrogens (tertiary/aromatic N) is 1. The van der Waals surface area contributed by atoms with Gasteiger partial charge in [0.15, 0.2) is 11.5 Å². The van der Waals surface area contributed by atoms with Crippen LogP contribution in [-0.4, -0.2) is 18.7 Å². The molecule has 1 aromatic rings. The first kappa shape index (κ1) is 13.5. The molecule has 3 rings (SSSR count). The summed E-state index contributed by atoms with van der Waals surface area (Å²) in [4.78, 5) is 12.1. The zero-order chi connectivity index (χ0) is 14.7.